The molecule has 2 aromatic rings. The van der Waals surface area contributed by atoms with Crippen LogP contribution in [0.3, 0.4) is 0 Å². The van der Waals surface area contributed by atoms with Crippen LogP contribution < -0.4 is 10.5 Å². The highest BCUT2D eigenvalue weighted by atomic mass is 32.2. The molecule has 0 radical (unpaired) electrons. The molecule has 4 nitrogen and oxygen atoms in total. The van der Waals surface area contributed by atoms with Gasteiger partial charge in [-0.2, -0.15) is 0 Å². The zero-order chi connectivity index (χ0) is 14.7. The number of aryl methyl sites for hydroxylation is 1. The molecule has 1 atom stereocenters. The molecule has 1 aromatic heterocycles. The number of aromatic nitrogens is 1. The number of nitrogens with two attached hydrogens (primary N) is 1. The van der Waals surface area contributed by atoms with E-state index in [1.807, 2.05) is 25.1 Å². The van der Waals surface area contributed by atoms with Gasteiger partial charge in [-0.25, -0.2) is 0 Å². The van der Waals surface area contributed by atoms with Gasteiger partial charge >= 0.3 is 0 Å². The van der Waals surface area contributed by atoms with Gasteiger partial charge in [0, 0.05) is 17.1 Å². The highest BCUT2D eigenvalue weighted by Gasteiger charge is 2.16. The summed E-state index contributed by atoms with van der Waals surface area (Å²) in [7, 11) is 0. The molecule has 2 rings (SSSR count). The van der Waals surface area contributed by atoms with Gasteiger partial charge in [0.15, 0.2) is 0 Å². The van der Waals surface area contributed by atoms with Crippen LogP contribution in [0, 0.1) is 19.3 Å². The quantitative estimate of drug-likeness (QED) is 0.690. The SMILES string of the molecule is C#Cc1cnc2c(C)cc(OC(SC)C(N)=O)cc2c1. The standard InChI is InChI=1S/C15H14N2O2S/c1-4-10-6-11-7-12(19-15(20-3)14(16)18)5-9(2)13(11)17-8-10/h1,5-8,15H,2-3H3,(H2,16,18). The predicted molar refractivity (Wildman–Crippen MR) is 81.5 cm³/mol. The molecule has 0 aliphatic rings. The topological polar surface area (TPSA) is 65.2 Å². The molecule has 2 N–H and O–H groups in total. The summed E-state index contributed by atoms with van der Waals surface area (Å²) in [5.74, 6) is 2.61. The van der Waals surface area contributed by atoms with Gasteiger partial charge in [-0.05, 0) is 36.9 Å². The molecule has 0 aliphatic carbocycles. The number of terminal acetylenes is 1. The number of carbonyl (C=O) groups excluding carboxylic acids is 1. The first-order valence-corrected chi connectivity index (χ1v) is 7.19. The van der Waals surface area contributed by atoms with Gasteiger partial charge in [-0.1, -0.05) is 5.92 Å². The minimum atomic E-state index is -0.712. The Hall–Kier alpha value is -2.19. The number of carbonyl (C=O) groups is 1. The molecule has 1 amide bonds. The van der Waals surface area contributed by atoms with Crippen LogP contribution in [0.1, 0.15) is 11.1 Å². The van der Waals surface area contributed by atoms with E-state index in [-0.39, 0.29) is 0 Å². The maximum Gasteiger partial charge on any atom is 0.269 e. The summed E-state index contributed by atoms with van der Waals surface area (Å²) in [6.45, 7) is 1.93. The number of hydrogen-bond donors (Lipinski definition) is 1. The highest BCUT2D eigenvalue weighted by molar-refractivity contribution is 7.99. The number of nitrogens with zero attached hydrogens (tertiary/aromatic N) is 1. The Morgan fingerprint density at radius 3 is 2.85 bits per heavy atom. The van der Waals surface area contributed by atoms with Gasteiger partial charge in [0.05, 0.1) is 5.52 Å². The number of primary amides is 1. The molecule has 0 saturated carbocycles. The van der Waals surface area contributed by atoms with Crippen molar-refractivity contribution in [3.63, 3.8) is 0 Å². The average molecular weight is 286 g/mol. The average Bonchev–Trinajstić information content (AvgIpc) is 2.43. The van der Waals surface area contributed by atoms with Crippen LogP contribution in [-0.4, -0.2) is 22.6 Å². The fourth-order valence-electron chi connectivity index (χ4n) is 1.89. The second-order valence-electron chi connectivity index (χ2n) is 4.27. The number of ether oxygens (including phenoxy) is 1. The van der Waals surface area contributed by atoms with Crippen LogP contribution >= 0.6 is 11.8 Å². The van der Waals surface area contributed by atoms with Crippen LogP contribution in [0.25, 0.3) is 10.9 Å². The lowest BCUT2D eigenvalue weighted by atomic mass is 10.1. The highest BCUT2D eigenvalue weighted by Crippen LogP contribution is 2.26. The second-order valence-corrected chi connectivity index (χ2v) is 5.17. The molecular formula is C15H14N2O2S. The van der Waals surface area contributed by atoms with Crippen molar-refractivity contribution in [2.75, 3.05) is 6.26 Å². The molecule has 5 heteroatoms. The Kier molecular flexibility index (Phi) is 4.16. The number of hydrogen-bond acceptors (Lipinski definition) is 4. The molecule has 0 spiro atoms. The number of amides is 1. The molecule has 0 saturated heterocycles. The van der Waals surface area contributed by atoms with E-state index in [1.165, 1.54) is 11.8 Å². The Morgan fingerprint density at radius 2 is 2.25 bits per heavy atom. The third kappa shape index (κ3) is 2.86. The molecular weight excluding hydrogens is 272 g/mol. The van der Waals surface area contributed by atoms with Gasteiger partial charge < -0.3 is 10.5 Å². The van der Waals surface area contributed by atoms with Gasteiger partial charge in [-0.3, -0.25) is 9.78 Å². The number of pyridine rings is 1. The maximum absolute atomic E-state index is 11.2. The van der Waals surface area contributed by atoms with Crippen molar-refractivity contribution in [2.45, 2.75) is 12.4 Å². The van der Waals surface area contributed by atoms with Crippen molar-refractivity contribution in [3.8, 4) is 18.1 Å². The van der Waals surface area contributed by atoms with Crippen molar-refractivity contribution in [2.24, 2.45) is 5.73 Å². The van der Waals surface area contributed by atoms with E-state index in [9.17, 15) is 4.79 Å². The largest absolute Gasteiger partial charge is 0.470 e. The van der Waals surface area contributed by atoms with Crippen LogP contribution in [0.2, 0.25) is 0 Å². The van der Waals surface area contributed by atoms with Crippen molar-refractivity contribution >= 4 is 28.6 Å². The summed E-state index contributed by atoms with van der Waals surface area (Å²) < 4.78 is 5.60. The smallest absolute Gasteiger partial charge is 0.269 e. The summed E-state index contributed by atoms with van der Waals surface area (Å²) in [4.78, 5) is 15.6. The van der Waals surface area contributed by atoms with Crippen LogP contribution in [-0.2, 0) is 4.79 Å². The fourth-order valence-corrected chi connectivity index (χ4v) is 2.33. The summed E-state index contributed by atoms with van der Waals surface area (Å²) >= 11 is 1.25. The van der Waals surface area contributed by atoms with Crippen molar-refractivity contribution in [3.05, 3.63) is 35.5 Å². The predicted octanol–water partition coefficient (Wildman–Crippen LogP) is 2.08. The van der Waals surface area contributed by atoms with E-state index in [0.29, 0.717) is 11.3 Å². The zero-order valence-electron chi connectivity index (χ0n) is 11.2. The van der Waals surface area contributed by atoms with E-state index in [1.54, 1.807) is 12.5 Å². The summed E-state index contributed by atoms with van der Waals surface area (Å²) in [5, 5.41) is 0.875. The van der Waals surface area contributed by atoms with Gasteiger partial charge in [-0.15, -0.1) is 18.2 Å². The van der Waals surface area contributed by atoms with E-state index >= 15 is 0 Å². The summed E-state index contributed by atoms with van der Waals surface area (Å²) in [6, 6.07) is 5.50. The molecule has 0 aliphatic heterocycles. The Labute approximate surface area is 121 Å². The van der Waals surface area contributed by atoms with E-state index in [2.05, 4.69) is 10.9 Å². The third-order valence-electron chi connectivity index (χ3n) is 2.80. The lowest BCUT2D eigenvalue weighted by Gasteiger charge is -2.14. The molecule has 1 unspecified atom stereocenters. The van der Waals surface area contributed by atoms with Gasteiger partial charge in [0.25, 0.3) is 5.91 Å². The minimum Gasteiger partial charge on any atom is -0.470 e. The second kappa shape index (κ2) is 5.85. The van der Waals surface area contributed by atoms with Crippen molar-refractivity contribution in [1.82, 2.24) is 4.98 Å². The normalized spacial score (nSPS) is 11.8. The Bertz CT molecular complexity index is 707. The molecule has 1 aromatic carbocycles. The molecule has 0 fully saturated rings. The number of fused-ring (bicyclic) bond motifs is 1. The lowest BCUT2D eigenvalue weighted by molar-refractivity contribution is -0.121. The van der Waals surface area contributed by atoms with Gasteiger partial charge in [0.2, 0.25) is 5.44 Å². The van der Waals surface area contributed by atoms with Crippen LogP contribution in [0.15, 0.2) is 24.4 Å². The zero-order valence-corrected chi connectivity index (χ0v) is 12.0. The first-order chi connectivity index (χ1) is 9.55. The Morgan fingerprint density at radius 1 is 1.50 bits per heavy atom. The number of thioether (sulfide) groups is 1. The molecule has 1 heterocycles. The first-order valence-electron chi connectivity index (χ1n) is 5.91. The van der Waals surface area contributed by atoms with Gasteiger partial charge in [0.1, 0.15) is 5.75 Å². The summed E-state index contributed by atoms with van der Waals surface area (Å²) in [6.07, 6.45) is 8.80. The van der Waals surface area contributed by atoms with Crippen LogP contribution in [0.4, 0.5) is 0 Å². The minimum absolute atomic E-state index is 0.509. The van der Waals surface area contributed by atoms with E-state index < -0.39 is 11.3 Å². The molecule has 0 bridgehead atoms. The first kappa shape index (κ1) is 14.2. The third-order valence-corrected chi connectivity index (χ3v) is 3.56. The number of rotatable bonds is 4. The monoisotopic (exact) mass is 286 g/mol. The van der Waals surface area contributed by atoms with E-state index in [0.717, 1.165) is 16.5 Å². The van der Waals surface area contributed by atoms with Crippen molar-refractivity contribution in [1.29, 1.82) is 0 Å². The summed E-state index contributed by atoms with van der Waals surface area (Å²) in [5.41, 5.74) is 7.06. The van der Waals surface area contributed by atoms with E-state index in [4.69, 9.17) is 16.9 Å². The number of benzene rings is 1. The van der Waals surface area contributed by atoms with Crippen LogP contribution in [0.5, 0.6) is 5.75 Å². The maximum atomic E-state index is 11.2. The molecule has 102 valence electrons. The molecule has 20 heavy (non-hydrogen) atoms. The fraction of sp³-hybridized carbons (Fsp3) is 0.200. The Balaban J connectivity index is 2.45. The lowest BCUT2D eigenvalue weighted by Crippen LogP contribution is -2.30. The van der Waals surface area contributed by atoms with Crippen molar-refractivity contribution < 1.29 is 9.53 Å².